The highest BCUT2D eigenvalue weighted by atomic mass is 19.1. The summed E-state index contributed by atoms with van der Waals surface area (Å²) in [5.74, 6) is -1.31. The van der Waals surface area contributed by atoms with Gasteiger partial charge in [-0.05, 0) is 55.0 Å². The number of carbonyl (C=O) groups excluding carboxylic acids is 2. The molecule has 186 valence electrons. The first-order valence-electron chi connectivity index (χ1n) is 11.7. The first-order chi connectivity index (χ1) is 17.9. The summed E-state index contributed by atoms with van der Waals surface area (Å²) in [6, 6.07) is 19.9. The van der Waals surface area contributed by atoms with Gasteiger partial charge in [0.15, 0.2) is 0 Å². The molecule has 9 heteroatoms. The molecule has 0 atom stereocenters. The van der Waals surface area contributed by atoms with Gasteiger partial charge in [-0.2, -0.15) is 0 Å². The number of halogens is 1. The van der Waals surface area contributed by atoms with Gasteiger partial charge < -0.3 is 14.6 Å². The van der Waals surface area contributed by atoms with Crippen molar-refractivity contribution in [3.05, 3.63) is 106 Å². The minimum absolute atomic E-state index is 0.197. The van der Waals surface area contributed by atoms with E-state index in [4.69, 9.17) is 4.74 Å². The van der Waals surface area contributed by atoms with Crippen LogP contribution in [0.2, 0.25) is 0 Å². The van der Waals surface area contributed by atoms with E-state index in [1.165, 1.54) is 29.1 Å². The fourth-order valence-electron chi connectivity index (χ4n) is 4.28. The number of rotatable bonds is 7. The summed E-state index contributed by atoms with van der Waals surface area (Å²) < 4.78 is 22.1. The van der Waals surface area contributed by atoms with E-state index >= 15 is 0 Å². The topological polar surface area (TPSA) is 95.2 Å². The molecule has 2 heterocycles. The summed E-state index contributed by atoms with van der Waals surface area (Å²) in [6.45, 7) is 2.10. The molecule has 1 amide bonds. The number of nitrogens with zero attached hydrogens (tertiary/aromatic N) is 3. The molecule has 0 radical (unpaired) electrons. The smallest absolute Gasteiger partial charge is 0.338 e. The Morgan fingerprint density at radius 3 is 2.51 bits per heavy atom. The van der Waals surface area contributed by atoms with Crippen LogP contribution in [0.15, 0.2) is 83.9 Å². The largest absolute Gasteiger partial charge is 0.462 e. The summed E-state index contributed by atoms with van der Waals surface area (Å²) in [5, 5.41) is 3.23. The van der Waals surface area contributed by atoms with E-state index in [9.17, 15) is 18.8 Å². The Hall–Kier alpha value is -4.79. The maximum Gasteiger partial charge on any atom is 0.338 e. The number of amides is 1. The fraction of sp³-hybridized carbons (Fsp3) is 0.143. The highest BCUT2D eigenvalue weighted by Crippen LogP contribution is 2.26. The van der Waals surface area contributed by atoms with E-state index in [1.807, 2.05) is 30.3 Å². The lowest BCUT2D eigenvalue weighted by Crippen LogP contribution is -2.25. The molecule has 0 aliphatic carbocycles. The highest BCUT2D eigenvalue weighted by molar-refractivity contribution is 6.06. The molecule has 37 heavy (non-hydrogen) atoms. The predicted octanol–water partition coefficient (Wildman–Crippen LogP) is 4.35. The number of nitrogens with one attached hydrogen (secondary N) is 1. The number of benzene rings is 3. The molecule has 0 saturated heterocycles. The summed E-state index contributed by atoms with van der Waals surface area (Å²) in [6.07, 6.45) is 1.44. The van der Waals surface area contributed by atoms with Crippen LogP contribution in [-0.2, 0) is 22.6 Å². The Kier molecular flexibility index (Phi) is 6.51. The van der Waals surface area contributed by atoms with E-state index in [1.54, 1.807) is 35.8 Å². The molecule has 5 aromatic rings. The van der Waals surface area contributed by atoms with Gasteiger partial charge in [-0.3, -0.25) is 14.2 Å². The molecule has 0 aliphatic rings. The van der Waals surface area contributed by atoms with Crippen LogP contribution < -0.4 is 10.9 Å². The quantitative estimate of drug-likeness (QED) is 0.337. The van der Waals surface area contributed by atoms with Gasteiger partial charge in [-0.15, -0.1) is 0 Å². The molecule has 1 N–H and O–H groups in total. The minimum Gasteiger partial charge on any atom is -0.462 e. The van der Waals surface area contributed by atoms with Crippen molar-refractivity contribution in [2.75, 3.05) is 11.9 Å². The van der Waals surface area contributed by atoms with Crippen LogP contribution in [0.5, 0.6) is 0 Å². The fourth-order valence-corrected chi connectivity index (χ4v) is 4.28. The molecule has 0 spiro atoms. The number of carbonyl (C=O) groups is 2. The number of esters is 1. The van der Waals surface area contributed by atoms with Crippen LogP contribution in [0.25, 0.3) is 21.9 Å². The molecule has 0 fully saturated rings. The van der Waals surface area contributed by atoms with Crippen molar-refractivity contribution >= 4 is 39.5 Å². The lowest BCUT2D eigenvalue weighted by molar-refractivity contribution is -0.116. The number of hydrogen-bond donors (Lipinski definition) is 1. The molecule has 8 nitrogen and oxygen atoms in total. The number of anilines is 1. The van der Waals surface area contributed by atoms with Crippen LogP contribution in [-0.4, -0.2) is 32.6 Å². The molecule has 0 aliphatic heterocycles. The number of ether oxygens (including phenoxy) is 1. The van der Waals surface area contributed by atoms with Gasteiger partial charge in [-0.25, -0.2) is 14.2 Å². The zero-order valence-electron chi connectivity index (χ0n) is 20.0. The Labute approximate surface area is 210 Å². The van der Waals surface area contributed by atoms with Crippen molar-refractivity contribution in [3.8, 4) is 0 Å². The van der Waals surface area contributed by atoms with Gasteiger partial charge in [0.25, 0.3) is 5.56 Å². The summed E-state index contributed by atoms with van der Waals surface area (Å²) >= 11 is 0. The predicted molar refractivity (Wildman–Crippen MR) is 138 cm³/mol. The third kappa shape index (κ3) is 4.84. The normalized spacial score (nSPS) is 11.1. The zero-order valence-corrected chi connectivity index (χ0v) is 20.0. The van der Waals surface area contributed by atoms with E-state index in [2.05, 4.69) is 10.3 Å². The molecular weight excluding hydrogens is 475 g/mol. The molecule has 0 unspecified atom stereocenters. The van der Waals surface area contributed by atoms with Crippen molar-refractivity contribution in [2.45, 2.75) is 20.0 Å². The van der Waals surface area contributed by atoms with E-state index in [0.717, 1.165) is 5.56 Å². The van der Waals surface area contributed by atoms with Crippen molar-refractivity contribution in [1.29, 1.82) is 0 Å². The number of aromatic nitrogens is 3. The third-order valence-electron chi connectivity index (χ3n) is 5.97. The summed E-state index contributed by atoms with van der Waals surface area (Å²) in [5.41, 5.74) is 2.49. The lowest BCUT2D eigenvalue weighted by Gasteiger charge is -2.10. The highest BCUT2D eigenvalue weighted by Gasteiger charge is 2.19. The Morgan fingerprint density at radius 2 is 1.78 bits per heavy atom. The van der Waals surface area contributed by atoms with Crippen molar-refractivity contribution in [2.24, 2.45) is 0 Å². The summed E-state index contributed by atoms with van der Waals surface area (Å²) in [4.78, 5) is 42.9. The van der Waals surface area contributed by atoms with Crippen LogP contribution in [0, 0.1) is 5.82 Å². The molecule has 5 rings (SSSR count). The van der Waals surface area contributed by atoms with Gasteiger partial charge in [0.1, 0.15) is 23.4 Å². The third-order valence-corrected chi connectivity index (χ3v) is 5.97. The second kappa shape index (κ2) is 10.1. The zero-order chi connectivity index (χ0) is 25.9. The monoisotopic (exact) mass is 498 g/mol. The Morgan fingerprint density at radius 1 is 1.03 bits per heavy atom. The molecule has 3 aromatic carbocycles. The first-order valence-corrected chi connectivity index (χ1v) is 11.7. The van der Waals surface area contributed by atoms with Gasteiger partial charge in [-0.1, -0.05) is 30.3 Å². The SMILES string of the molecule is CCOC(=O)c1ccc(NC(=O)Cn2c3ccc(F)cc3c3ncn(Cc4ccccc4)c(=O)c32)cc1. The molecule has 0 saturated carbocycles. The lowest BCUT2D eigenvalue weighted by atomic mass is 10.2. The average molecular weight is 499 g/mol. The standard InChI is InChI=1S/C28H23FN4O4/c1-2-37-28(36)19-8-11-21(12-9-19)31-24(34)16-33-23-13-10-20(29)14-22(23)25-26(33)27(35)32(17-30-25)15-18-6-4-3-5-7-18/h3-14,17H,2,15-16H2,1H3,(H,31,34). The molecule has 0 bridgehead atoms. The number of hydrogen-bond acceptors (Lipinski definition) is 5. The van der Waals surface area contributed by atoms with Crippen molar-refractivity contribution in [3.63, 3.8) is 0 Å². The van der Waals surface area contributed by atoms with Crippen LogP contribution in [0.1, 0.15) is 22.8 Å². The van der Waals surface area contributed by atoms with Crippen molar-refractivity contribution < 1.29 is 18.7 Å². The van der Waals surface area contributed by atoms with Crippen LogP contribution >= 0.6 is 0 Å². The molecule has 2 aromatic heterocycles. The first kappa shape index (κ1) is 23.9. The maximum absolute atomic E-state index is 14.1. The van der Waals surface area contributed by atoms with E-state index < -0.39 is 17.7 Å². The van der Waals surface area contributed by atoms with Crippen molar-refractivity contribution in [1.82, 2.24) is 14.1 Å². The maximum atomic E-state index is 14.1. The second-order valence-electron chi connectivity index (χ2n) is 8.45. The van der Waals surface area contributed by atoms with E-state index in [-0.39, 0.29) is 24.2 Å². The second-order valence-corrected chi connectivity index (χ2v) is 8.45. The number of fused-ring (bicyclic) bond motifs is 3. The Bertz CT molecular complexity index is 1670. The van der Waals surface area contributed by atoms with Gasteiger partial charge in [0.05, 0.1) is 30.6 Å². The average Bonchev–Trinajstić information content (AvgIpc) is 3.19. The minimum atomic E-state index is -0.465. The van der Waals surface area contributed by atoms with Gasteiger partial charge >= 0.3 is 5.97 Å². The van der Waals surface area contributed by atoms with E-state index in [0.29, 0.717) is 34.2 Å². The van der Waals surface area contributed by atoms with Gasteiger partial charge in [0.2, 0.25) is 5.91 Å². The molecular formula is C28H23FN4O4. The van der Waals surface area contributed by atoms with Crippen LogP contribution in [0.3, 0.4) is 0 Å². The van der Waals surface area contributed by atoms with Crippen LogP contribution in [0.4, 0.5) is 10.1 Å². The van der Waals surface area contributed by atoms with Gasteiger partial charge in [0, 0.05) is 11.1 Å². The summed E-state index contributed by atoms with van der Waals surface area (Å²) in [7, 11) is 0. The Balaban J connectivity index is 1.50.